The van der Waals surface area contributed by atoms with Gasteiger partial charge in [-0.05, 0) is 6.92 Å². The highest BCUT2D eigenvalue weighted by atomic mass is 19.1. The van der Waals surface area contributed by atoms with Gasteiger partial charge in [0.05, 0.1) is 23.9 Å². The number of H-pyrrole nitrogens is 1. The largest absolute Gasteiger partial charge is 0.489 e. The number of hydrogen-bond acceptors (Lipinski definition) is 4. The molecule has 0 saturated carbocycles. The second-order valence-electron chi connectivity index (χ2n) is 3.02. The van der Waals surface area contributed by atoms with E-state index in [1.807, 2.05) is 0 Å². The van der Waals surface area contributed by atoms with Gasteiger partial charge in [-0.3, -0.25) is 10.1 Å². The number of aromatic amines is 1. The number of hydrogen-bond donors (Lipinski definition) is 1. The van der Waals surface area contributed by atoms with Gasteiger partial charge in [0.1, 0.15) is 11.0 Å². The molecule has 0 aliphatic rings. The minimum atomic E-state index is -0.764. The van der Waals surface area contributed by atoms with Gasteiger partial charge in [-0.15, -0.1) is 0 Å². The van der Waals surface area contributed by atoms with Crippen LogP contribution in [0.1, 0.15) is 6.92 Å². The Morgan fingerprint density at radius 2 is 2.44 bits per heavy atom. The second kappa shape index (κ2) is 3.76. The van der Waals surface area contributed by atoms with Crippen LogP contribution in [0.15, 0.2) is 12.4 Å². The first kappa shape index (κ1) is 10.3. The minimum absolute atomic E-state index is 0.0855. The SMILES string of the molecule is CCOc1cnc2[nH]cc([N+](=O)[O-])c2c1F. The molecule has 84 valence electrons. The van der Waals surface area contributed by atoms with E-state index >= 15 is 0 Å². The van der Waals surface area contributed by atoms with Crippen LogP contribution >= 0.6 is 0 Å². The van der Waals surface area contributed by atoms with E-state index in [0.717, 1.165) is 6.20 Å². The van der Waals surface area contributed by atoms with Gasteiger partial charge in [-0.1, -0.05) is 0 Å². The fourth-order valence-corrected chi connectivity index (χ4v) is 1.42. The number of pyridine rings is 1. The number of fused-ring (bicyclic) bond motifs is 1. The Morgan fingerprint density at radius 3 is 3.06 bits per heavy atom. The molecule has 2 heterocycles. The van der Waals surface area contributed by atoms with Crippen molar-refractivity contribution in [2.45, 2.75) is 6.92 Å². The third-order valence-corrected chi connectivity index (χ3v) is 2.08. The lowest BCUT2D eigenvalue weighted by molar-refractivity contribution is -0.383. The average molecular weight is 225 g/mol. The molecule has 2 aromatic rings. The molecule has 0 amide bonds. The van der Waals surface area contributed by atoms with Crippen molar-refractivity contribution in [1.82, 2.24) is 9.97 Å². The van der Waals surface area contributed by atoms with Crippen molar-refractivity contribution in [3.05, 3.63) is 28.3 Å². The molecule has 0 aliphatic heterocycles. The maximum atomic E-state index is 13.8. The predicted octanol–water partition coefficient (Wildman–Crippen LogP) is 2.01. The summed E-state index contributed by atoms with van der Waals surface area (Å²) >= 11 is 0. The number of rotatable bonds is 3. The van der Waals surface area contributed by atoms with Gasteiger partial charge in [0.2, 0.25) is 0 Å². The van der Waals surface area contributed by atoms with Crippen LogP contribution in [0.2, 0.25) is 0 Å². The average Bonchev–Trinajstić information content (AvgIpc) is 2.67. The molecule has 7 heteroatoms. The molecule has 0 atom stereocenters. The number of nitrogens with zero attached hydrogens (tertiary/aromatic N) is 2. The van der Waals surface area contributed by atoms with Gasteiger partial charge in [0, 0.05) is 0 Å². The first-order chi connectivity index (χ1) is 7.65. The molecule has 2 aromatic heterocycles. The molecule has 0 saturated heterocycles. The summed E-state index contributed by atoms with van der Waals surface area (Å²) in [5.41, 5.74) is -0.214. The van der Waals surface area contributed by atoms with Crippen molar-refractivity contribution >= 4 is 16.7 Å². The minimum Gasteiger partial charge on any atom is -0.489 e. The van der Waals surface area contributed by atoms with E-state index in [2.05, 4.69) is 9.97 Å². The Bertz CT molecular complexity index is 552. The summed E-state index contributed by atoms with van der Waals surface area (Å²) in [6, 6.07) is 0. The molecule has 0 bridgehead atoms. The van der Waals surface area contributed by atoms with Crippen molar-refractivity contribution < 1.29 is 14.1 Å². The van der Waals surface area contributed by atoms with Crippen molar-refractivity contribution in [2.75, 3.05) is 6.61 Å². The maximum Gasteiger partial charge on any atom is 0.299 e. The number of nitrogens with one attached hydrogen (secondary N) is 1. The number of halogens is 1. The molecule has 6 nitrogen and oxygen atoms in total. The van der Waals surface area contributed by atoms with E-state index in [0.29, 0.717) is 0 Å². The third-order valence-electron chi connectivity index (χ3n) is 2.08. The monoisotopic (exact) mass is 225 g/mol. The normalized spacial score (nSPS) is 10.6. The number of aromatic nitrogens is 2. The highest BCUT2D eigenvalue weighted by molar-refractivity contribution is 5.87. The van der Waals surface area contributed by atoms with E-state index in [9.17, 15) is 14.5 Å². The fourth-order valence-electron chi connectivity index (χ4n) is 1.42. The van der Waals surface area contributed by atoms with Crippen LogP contribution in [0.4, 0.5) is 10.1 Å². The summed E-state index contributed by atoms with van der Waals surface area (Å²) in [7, 11) is 0. The van der Waals surface area contributed by atoms with Crippen LogP contribution in [-0.2, 0) is 0 Å². The Morgan fingerprint density at radius 1 is 1.69 bits per heavy atom. The quantitative estimate of drug-likeness (QED) is 0.639. The van der Waals surface area contributed by atoms with Crippen molar-refractivity contribution in [3.8, 4) is 5.75 Å². The van der Waals surface area contributed by atoms with Crippen LogP contribution in [0.3, 0.4) is 0 Å². The zero-order chi connectivity index (χ0) is 11.7. The zero-order valence-corrected chi connectivity index (χ0v) is 8.36. The molecule has 0 unspecified atom stereocenters. The van der Waals surface area contributed by atoms with Gasteiger partial charge < -0.3 is 9.72 Å². The fraction of sp³-hybridized carbons (Fsp3) is 0.222. The lowest BCUT2D eigenvalue weighted by Crippen LogP contribution is -1.97. The highest BCUT2D eigenvalue weighted by Gasteiger charge is 2.21. The standard InChI is InChI=1S/C9H8FN3O3/c1-2-16-6-4-12-9-7(8(6)10)5(3-11-9)13(14)15/h3-4H,2H2,1H3,(H,11,12). The van der Waals surface area contributed by atoms with Crippen molar-refractivity contribution in [2.24, 2.45) is 0 Å². The smallest absolute Gasteiger partial charge is 0.299 e. The highest BCUT2D eigenvalue weighted by Crippen LogP contribution is 2.31. The van der Waals surface area contributed by atoms with E-state index < -0.39 is 10.7 Å². The lowest BCUT2D eigenvalue weighted by atomic mass is 10.3. The van der Waals surface area contributed by atoms with E-state index in [-0.39, 0.29) is 29.1 Å². The van der Waals surface area contributed by atoms with Crippen LogP contribution in [-0.4, -0.2) is 21.5 Å². The number of ether oxygens (including phenoxy) is 1. The summed E-state index contributed by atoms with van der Waals surface area (Å²) in [6.45, 7) is 1.96. The summed E-state index contributed by atoms with van der Waals surface area (Å²) in [5.74, 6) is -0.850. The Kier molecular flexibility index (Phi) is 2.43. The zero-order valence-electron chi connectivity index (χ0n) is 8.36. The first-order valence-corrected chi connectivity index (χ1v) is 4.58. The summed E-state index contributed by atoms with van der Waals surface area (Å²) in [5, 5.41) is 10.5. The lowest BCUT2D eigenvalue weighted by Gasteiger charge is -2.03. The van der Waals surface area contributed by atoms with E-state index in [4.69, 9.17) is 4.74 Å². The van der Waals surface area contributed by atoms with Crippen molar-refractivity contribution in [3.63, 3.8) is 0 Å². The van der Waals surface area contributed by atoms with E-state index in [1.54, 1.807) is 6.92 Å². The van der Waals surface area contributed by atoms with E-state index in [1.165, 1.54) is 6.20 Å². The molecule has 0 fully saturated rings. The van der Waals surface area contributed by atoms with Gasteiger partial charge in [0.25, 0.3) is 5.69 Å². The molecule has 0 spiro atoms. The molecule has 0 aliphatic carbocycles. The van der Waals surface area contributed by atoms with Gasteiger partial charge in [-0.25, -0.2) is 9.37 Å². The molecule has 1 N–H and O–H groups in total. The first-order valence-electron chi connectivity index (χ1n) is 4.58. The molecular weight excluding hydrogens is 217 g/mol. The third kappa shape index (κ3) is 1.46. The van der Waals surface area contributed by atoms with Crippen LogP contribution in [0.25, 0.3) is 11.0 Å². The molecule has 0 radical (unpaired) electrons. The topological polar surface area (TPSA) is 81.0 Å². The van der Waals surface area contributed by atoms with Gasteiger partial charge in [0.15, 0.2) is 11.6 Å². The van der Waals surface area contributed by atoms with Gasteiger partial charge >= 0.3 is 0 Å². The van der Waals surface area contributed by atoms with Crippen molar-refractivity contribution in [1.29, 1.82) is 0 Å². The number of nitro groups is 1. The summed E-state index contributed by atoms with van der Waals surface area (Å²) in [6.07, 6.45) is 2.30. The van der Waals surface area contributed by atoms with Crippen LogP contribution in [0, 0.1) is 15.9 Å². The Balaban J connectivity index is 2.70. The summed E-state index contributed by atoms with van der Waals surface area (Å²) < 4.78 is 18.8. The second-order valence-corrected chi connectivity index (χ2v) is 3.02. The molecular formula is C9H8FN3O3. The van der Waals surface area contributed by atoms with Crippen LogP contribution in [0.5, 0.6) is 5.75 Å². The predicted molar refractivity (Wildman–Crippen MR) is 53.9 cm³/mol. The molecule has 0 aromatic carbocycles. The molecule has 16 heavy (non-hydrogen) atoms. The Labute approximate surface area is 89.2 Å². The maximum absolute atomic E-state index is 13.8. The Hall–Kier alpha value is -2.18. The molecule has 2 rings (SSSR count). The van der Waals surface area contributed by atoms with Gasteiger partial charge in [-0.2, -0.15) is 0 Å². The summed E-state index contributed by atoms with van der Waals surface area (Å²) in [4.78, 5) is 16.4. The van der Waals surface area contributed by atoms with Crippen LogP contribution < -0.4 is 4.74 Å².